The van der Waals surface area contributed by atoms with Crippen molar-refractivity contribution in [2.45, 2.75) is 39.7 Å². The second-order valence-corrected chi connectivity index (χ2v) is 5.24. The lowest BCUT2D eigenvalue weighted by Crippen LogP contribution is -2.34. The molecule has 0 spiro atoms. The second kappa shape index (κ2) is 6.90. The third-order valence-corrected chi connectivity index (χ3v) is 3.26. The Bertz CT molecular complexity index is 426. The Morgan fingerprint density at radius 2 is 2.06 bits per heavy atom. The van der Waals surface area contributed by atoms with Gasteiger partial charge in [-0.2, -0.15) is 0 Å². The lowest BCUT2D eigenvalue weighted by Gasteiger charge is -2.17. The van der Waals surface area contributed by atoms with Crippen LogP contribution in [0.4, 0.5) is 0 Å². The van der Waals surface area contributed by atoms with Crippen LogP contribution in [0.2, 0.25) is 10.3 Å². The minimum atomic E-state index is -0.271. The lowest BCUT2D eigenvalue weighted by atomic mass is 10.0. The Morgan fingerprint density at radius 3 is 2.67 bits per heavy atom. The van der Waals surface area contributed by atoms with Crippen molar-refractivity contribution >= 4 is 29.1 Å². The third-order valence-electron chi connectivity index (χ3n) is 2.79. The van der Waals surface area contributed by atoms with E-state index in [0.29, 0.717) is 5.92 Å². The molecule has 1 amide bonds. The van der Waals surface area contributed by atoms with E-state index in [1.807, 2.05) is 6.92 Å². The third kappa shape index (κ3) is 4.42. The predicted octanol–water partition coefficient (Wildman–Crippen LogP) is 3.34. The molecule has 18 heavy (non-hydrogen) atoms. The van der Waals surface area contributed by atoms with E-state index in [2.05, 4.69) is 29.4 Å². The highest BCUT2D eigenvalue weighted by molar-refractivity contribution is 6.34. The molecular formula is C12H17Cl2N3O. The summed E-state index contributed by atoms with van der Waals surface area (Å²) in [5.74, 6) is 0.294. The monoisotopic (exact) mass is 289 g/mol. The summed E-state index contributed by atoms with van der Waals surface area (Å²) < 4.78 is 0. The molecule has 1 N–H and O–H groups in total. The van der Waals surface area contributed by atoms with Crippen LogP contribution in [0.3, 0.4) is 0 Å². The smallest absolute Gasteiger partial charge is 0.254 e. The van der Waals surface area contributed by atoms with Crippen LogP contribution in [0.15, 0.2) is 6.07 Å². The minimum Gasteiger partial charge on any atom is -0.349 e. The molecular weight excluding hydrogens is 273 g/mol. The first kappa shape index (κ1) is 15.2. The van der Waals surface area contributed by atoms with Gasteiger partial charge in [0, 0.05) is 6.04 Å². The minimum absolute atomic E-state index is 0.0626. The van der Waals surface area contributed by atoms with Crippen molar-refractivity contribution in [1.29, 1.82) is 0 Å². The van der Waals surface area contributed by atoms with Crippen LogP contribution < -0.4 is 5.32 Å². The summed E-state index contributed by atoms with van der Waals surface area (Å²) in [4.78, 5) is 12.0. The van der Waals surface area contributed by atoms with Gasteiger partial charge in [0.2, 0.25) is 0 Å². The number of nitrogens with one attached hydrogen (secondary N) is 1. The first-order chi connectivity index (χ1) is 8.43. The highest BCUT2D eigenvalue weighted by atomic mass is 35.5. The van der Waals surface area contributed by atoms with Crippen molar-refractivity contribution in [1.82, 2.24) is 15.5 Å². The van der Waals surface area contributed by atoms with Gasteiger partial charge in [0.25, 0.3) is 5.91 Å². The van der Waals surface area contributed by atoms with Gasteiger partial charge in [-0.15, -0.1) is 10.2 Å². The Labute approximate surface area is 117 Å². The number of nitrogens with zero attached hydrogens (tertiary/aromatic N) is 2. The summed E-state index contributed by atoms with van der Waals surface area (Å²) in [6.45, 7) is 6.25. The fourth-order valence-electron chi connectivity index (χ4n) is 1.64. The van der Waals surface area contributed by atoms with E-state index in [0.717, 1.165) is 12.8 Å². The molecule has 0 radical (unpaired) electrons. The van der Waals surface area contributed by atoms with E-state index in [-0.39, 0.29) is 27.8 Å². The molecule has 1 aromatic rings. The van der Waals surface area contributed by atoms with Gasteiger partial charge in [0.1, 0.15) is 0 Å². The zero-order chi connectivity index (χ0) is 13.7. The van der Waals surface area contributed by atoms with Crippen LogP contribution in [-0.2, 0) is 0 Å². The standard InChI is InChI=1S/C12H17Cl2N3O/c1-4-7(2)5-8(3)15-12(18)9-6-10(13)16-17-11(9)14/h6-8H,4-5H2,1-3H3,(H,15,18). The average molecular weight is 290 g/mol. The Morgan fingerprint density at radius 1 is 1.39 bits per heavy atom. The van der Waals surface area contributed by atoms with Gasteiger partial charge in [-0.25, -0.2) is 0 Å². The normalized spacial score (nSPS) is 14.1. The van der Waals surface area contributed by atoms with Gasteiger partial charge in [-0.05, 0) is 25.3 Å². The molecule has 4 nitrogen and oxygen atoms in total. The summed E-state index contributed by atoms with van der Waals surface area (Å²) >= 11 is 11.5. The van der Waals surface area contributed by atoms with Crippen molar-refractivity contribution in [3.8, 4) is 0 Å². The zero-order valence-corrected chi connectivity index (χ0v) is 12.2. The largest absolute Gasteiger partial charge is 0.349 e. The molecule has 0 bridgehead atoms. The van der Waals surface area contributed by atoms with Crippen molar-refractivity contribution in [3.63, 3.8) is 0 Å². The Hall–Kier alpha value is -0.870. The molecule has 6 heteroatoms. The first-order valence-electron chi connectivity index (χ1n) is 5.93. The van der Waals surface area contributed by atoms with E-state index in [4.69, 9.17) is 23.2 Å². The van der Waals surface area contributed by atoms with Crippen LogP contribution in [0.5, 0.6) is 0 Å². The molecule has 0 aromatic carbocycles. The molecule has 100 valence electrons. The number of carbonyl (C=O) groups is 1. The lowest BCUT2D eigenvalue weighted by molar-refractivity contribution is 0.0935. The van der Waals surface area contributed by atoms with Gasteiger partial charge in [0.05, 0.1) is 5.56 Å². The second-order valence-electron chi connectivity index (χ2n) is 4.50. The maximum atomic E-state index is 12.0. The maximum absolute atomic E-state index is 12.0. The van der Waals surface area contributed by atoms with Crippen LogP contribution in [0.25, 0.3) is 0 Å². The highest BCUT2D eigenvalue weighted by Gasteiger charge is 2.16. The summed E-state index contributed by atoms with van der Waals surface area (Å²) in [5, 5.41) is 10.3. The van der Waals surface area contributed by atoms with Gasteiger partial charge in [-0.3, -0.25) is 4.79 Å². The average Bonchev–Trinajstić information content (AvgIpc) is 2.31. The number of carbonyl (C=O) groups excluding carboxylic acids is 1. The Balaban J connectivity index is 2.67. The van der Waals surface area contributed by atoms with Gasteiger partial charge >= 0.3 is 0 Å². The molecule has 1 heterocycles. The van der Waals surface area contributed by atoms with E-state index in [9.17, 15) is 4.79 Å². The van der Waals surface area contributed by atoms with Crippen molar-refractivity contribution in [2.24, 2.45) is 5.92 Å². The van der Waals surface area contributed by atoms with Gasteiger partial charge < -0.3 is 5.32 Å². The topological polar surface area (TPSA) is 54.9 Å². The molecule has 0 fully saturated rings. The number of halogens is 2. The first-order valence-corrected chi connectivity index (χ1v) is 6.69. The summed E-state index contributed by atoms with van der Waals surface area (Å²) in [7, 11) is 0. The quantitative estimate of drug-likeness (QED) is 0.904. The van der Waals surface area contributed by atoms with E-state index in [1.165, 1.54) is 6.07 Å². The molecule has 0 aliphatic carbocycles. The number of rotatable bonds is 5. The van der Waals surface area contributed by atoms with Crippen molar-refractivity contribution < 1.29 is 4.79 Å². The SMILES string of the molecule is CCC(C)CC(C)NC(=O)c1cc(Cl)nnc1Cl. The van der Waals surface area contributed by atoms with Crippen LogP contribution in [0.1, 0.15) is 44.0 Å². The van der Waals surface area contributed by atoms with E-state index >= 15 is 0 Å². The molecule has 0 aliphatic rings. The molecule has 2 unspecified atom stereocenters. The molecule has 2 atom stereocenters. The van der Waals surface area contributed by atoms with E-state index < -0.39 is 0 Å². The number of hydrogen-bond acceptors (Lipinski definition) is 3. The maximum Gasteiger partial charge on any atom is 0.254 e. The van der Waals surface area contributed by atoms with Crippen LogP contribution in [-0.4, -0.2) is 22.1 Å². The predicted molar refractivity (Wildman–Crippen MR) is 73.1 cm³/mol. The summed E-state index contributed by atoms with van der Waals surface area (Å²) in [5.41, 5.74) is 0.257. The fraction of sp³-hybridized carbons (Fsp3) is 0.583. The van der Waals surface area contributed by atoms with Crippen LogP contribution in [0, 0.1) is 5.92 Å². The highest BCUT2D eigenvalue weighted by Crippen LogP contribution is 2.16. The Kier molecular flexibility index (Phi) is 5.82. The van der Waals surface area contributed by atoms with Gasteiger partial charge in [-0.1, -0.05) is 43.5 Å². The number of aromatic nitrogens is 2. The van der Waals surface area contributed by atoms with Crippen molar-refractivity contribution in [2.75, 3.05) is 0 Å². The molecule has 1 aromatic heterocycles. The summed E-state index contributed by atoms with van der Waals surface area (Å²) in [6, 6.07) is 1.50. The molecule has 0 saturated heterocycles. The van der Waals surface area contributed by atoms with Gasteiger partial charge in [0.15, 0.2) is 10.3 Å². The zero-order valence-electron chi connectivity index (χ0n) is 10.7. The molecule has 0 saturated carbocycles. The molecule has 0 aliphatic heterocycles. The van der Waals surface area contributed by atoms with E-state index in [1.54, 1.807) is 0 Å². The molecule has 1 rings (SSSR count). The summed E-state index contributed by atoms with van der Waals surface area (Å²) in [6.07, 6.45) is 2.01. The fourth-order valence-corrected chi connectivity index (χ4v) is 1.97. The van der Waals surface area contributed by atoms with Crippen LogP contribution >= 0.6 is 23.2 Å². The number of amides is 1. The number of hydrogen-bond donors (Lipinski definition) is 1. The van der Waals surface area contributed by atoms with Crippen molar-refractivity contribution in [3.05, 3.63) is 21.9 Å².